The van der Waals surface area contributed by atoms with Crippen molar-refractivity contribution >= 4 is 22.4 Å². The van der Waals surface area contributed by atoms with Crippen LogP contribution < -0.4 is 20.4 Å². The van der Waals surface area contributed by atoms with E-state index >= 15 is 0 Å². The van der Waals surface area contributed by atoms with Crippen LogP contribution in [-0.4, -0.2) is 21.2 Å². The maximum atomic E-state index is 12.9. The Morgan fingerprint density at radius 2 is 1.83 bits per heavy atom. The van der Waals surface area contributed by atoms with Crippen molar-refractivity contribution in [2.75, 3.05) is 6.61 Å². The molecule has 6 nitrogen and oxygen atoms in total. The zero-order chi connectivity index (χ0) is 20.2. The Hall–Kier alpha value is -3.32. The Morgan fingerprint density at radius 1 is 1.07 bits per heavy atom. The van der Waals surface area contributed by atoms with Gasteiger partial charge < -0.3 is 4.74 Å². The van der Waals surface area contributed by atoms with E-state index in [4.69, 9.17) is 4.74 Å². The molecule has 29 heavy (non-hydrogen) atoms. The average Bonchev–Trinajstić information content (AvgIpc) is 3.04. The summed E-state index contributed by atoms with van der Waals surface area (Å²) in [5.74, 6) is 0.721. The van der Waals surface area contributed by atoms with Gasteiger partial charge in [-0.2, -0.15) is 14.6 Å². The van der Waals surface area contributed by atoms with Crippen LogP contribution in [0.2, 0.25) is 0 Å². The van der Waals surface area contributed by atoms with Gasteiger partial charge in [-0.25, -0.2) is 0 Å². The van der Waals surface area contributed by atoms with Crippen LogP contribution in [0.3, 0.4) is 0 Å². The third kappa shape index (κ3) is 3.95. The van der Waals surface area contributed by atoms with E-state index in [0.717, 1.165) is 35.5 Å². The first-order valence-electron chi connectivity index (χ1n) is 9.40. The third-order valence-electron chi connectivity index (χ3n) is 4.39. The number of fused-ring (bicyclic) bond motifs is 1. The molecule has 0 aliphatic rings. The first kappa shape index (κ1) is 19.0. The van der Waals surface area contributed by atoms with Gasteiger partial charge in [0.2, 0.25) is 4.96 Å². The second-order valence-corrected chi connectivity index (χ2v) is 7.49. The summed E-state index contributed by atoms with van der Waals surface area (Å²) in [5.41, 5.74) is 0.835. The van der Waals surface area contributed by atoms with Gasteiger partial charge in [0.25, 0.3) is 5.56 Å². The Balaban J connectivity index is 1.82. The molecule has 2 aromatic heterocycles. The fraction of sp³-hybridized carbons (Fsp3) is 0.182. The van der Waals surface area contributed by atoms with Crippen LogP contribution in [0.25, 0.3) is 22.3 Å². The van der Waals surface area contributed by atoms with Gasteiger partial charge >= 0.3 is 5.56 Å². The summed E-state index contributed by atoms with van der Waals surface area (Å²) in [4.78, 5) is 29.6. The van der Waals surface area contributed by atoms with E-state index in [-0.39, 0.29) is 16.2 Å². The molecule has 0 fully saturated rings. The highest BCUT2D eigenvalue weighted by molar-refractivity contribution is 7.15. The van der Waals surface area contributed by atoms with Crippen molar-refractivity contribution in [1.82, 2.24) is 14.6 Å². The van der Waals surface area contributed by atoms with Gasteiger partial charge in [-0.15, -0.1) is 0 Å². The predicted molar refractivity (Wildman–Crippen MR) is 114 cm³/mol. The molecule has 0 saturated carbocycles. The van der Waals surface area contributed by atoms with Crippen molar-refractivity contribution in [2.24, 2.45) is 0 Å². The third-order valence-corrected chi connectivity index (χ3v) is 5.35. The molecule has 0 spiro atoms. The molecule has 2 heterocycles. The average molecular weight is 405 g/mol. The molecule has 0 amide bonds. The highest BCUT2D eigenvalue weighted by Crippen LogP contribution is 2.19. The Morgan fingerprint density at radius 3 is 2.62 bits per heavy atom. The number of para-hydroxylation sites is 1. The molecular weight excluding hydrogens is 386 g/mol. The molecule has 0 aliphatic heterocycles. The van der Waals surface area contributed by atoms with Gasteiger partial charge in [0.15, 0.2) is 5.69 Å². The Labute approximate surface area is 170 Å². The summed E-state index contributed by atoms with van der Waals surface area (Å²) in [6.45, 7) is 2.73. The van der Waals surface area contributed by atoms with E-state index in [1.165, 1.54) is 4.52 Å². The molecule has 146 valence electrons. The summed E-state index contributed by atoms with van der Waals surface area (Å²) in [5, 5.41) is 4.28. The van der Waals surface area contributed by atoms with Gasteiger partial charge in [-0.05, 0) is 18.6 Å². The minimum absolute atomic E-state index is 0.160. The molecular formula is C22H19N3O3S. The van der Waals surface area contributed by atoms with Gasteiger partial charge in [-0.3, -0.25) is 9.59 Å². The normalized spacial score (nSPS) is 11.8. The maximum absolute atomic E-state index is 12.9. The van der Waals surface area contributed by atoms with E-state index < -0.39 is 5.56 Å². The maximum Gasteiger partial charge on any atom is 0.300 e. The van der Waals surface area contributed by atoms with Gasteiger partial charge in [-0.1, -0.05) is 73.2 Å². The number of nitrogens with zero attached hydrogens (tertiary/aromatic N) is 3. The number of benzene rings is 2. The van der Waals surface area contributed by atoms with Crippen molar-refractivity contribution < 1.29 is 4.74 Å². The molecule has 2 aromatic carbocycles. The topological polar surface area (TPSA) is 73.6 Å². The highest BCUT2D eigenvalue weighted by Gasteiger charge is 2.13. The fourth-order valence-electron chi connectivity index (χ4n) is 2.88. The van der Waals surface area contributed by atoms with Crippen LogP contribution >= 0.6 is 11.3 Å². The number of thiazole rings is 1. The summed E-state index contributed by atoms with van der Waals surface area (Å²) in [7, 11) is 0. The largest absolute Gasteiger partial charge is 0.493 e. The molecule has 7 heteroatoms. The number of aromatic nitrogens is 3. The van der Waals surface area contributed by atoms with Crippen molar-refractivity contribution in [3.63, 3.8) is 0 Å². The molecule has 0 atom stereocenters. The molecule has 4 aromatic rings. The smallest absolute Gasteiger partial charge is 0.300 e. The van der Waals surface area contributed by atoms with Crippen LogP contribution in [0.1, 0.15) is 25.3 Å². The number of hydrogen-bond acceptors (Lipinski definition) is 6. The summed E-state index contributed by atoms with van der Waals surface area (Å²) in [6.07, 6.45) is 3.77. The lowest BCUT2D eigenvalue weighted by Crippen LogP contribution is -2.26. The van der Waals surface area contributed by atoms with E-state index in [1.54, 1.807) is 18.2 Å². The van der Waals surface area contributed by atoms with E-state index in [9.17, 15) is 9.59 Å². The van der Waals surface area contributed by atoms with Gasteiger partial charge in [0, 0.05) is 11.1 Å². The number of ether oxygens (including phenoxy) is 1. The number of rotatable bonds is 6. The van der Waals surface area contributed by atoms with Crippen molar-refractivity contribution in [1.29, 1.82) is 0 Å². The molecule has 0 unspecified atom stereocenters. The van der Waals surface area contributed by atoms with Crippen LogP contribution in [0.4, 0.5) is 0 Å². The summed E-state index contributed by atoms with van der Waals surface area (Å²) in [6, 6.07) is 16.6. The quantitative estimate of drug-likeness (QED) is 0.461. The summed E-state index contributed by atoms with van der Waals surface area (Å²) < 4.78 is 7.48. The molecule has 4 rings (SSSR count). The zero-order valence-electron chi connectivity index (χ0n) is 15.9. The molecule has 0 saturated heterocycles. The minimum atomic E-state index is -0.452. The van der Waals surface area contributed by atoms with Crippen molar-refractivity contribution in [2.45, 2.75) is 19.8 Å². The van der Waals surface area contributed by atoms with Gasteiger partial charge in [0.1, 0.15) is 5.75 Å². The Kier molecular flexibility index (Phi) is 5.48. The summed E-state index contributed by atoms with van der Waals surface area (Å²) >= 11 is 1.14. The standard InChI is InChI=1S/C22H19N3O3S/c1-2-3-13-28-17-12-8-7-11-16(17)14-18-21(27)25-22(29-18)23-20(26)19(24-25)15-9-5-4-6-10-15/h4-12,14H,2-3,13H2,1H3/b18-14+. The lowest BCUT2D eigenvalue weighted by atomic mass is 10.2. The molecule has 0 radical (unpaired) electrons. The van der Waals surface area contributed by atoms with E-state index in [2.05, 4.69) is 17.0 Å². The lowest BCUT2D eigenvalue weighted by Gasteiger charge is -2.07. The fourth-order valence-corrected chi connectivity index (χ4v) is 3.78. The second kappa shape index (κ2) is 8.36. The number of unbranched alkanes of at least 4 members (excludes halogenated alkanes) is 1. The molecule has 0 bridgehead atoms. The van der Waals surface area contributed by atoms with Crippen molar-refractivity contribution in [3.05, 3.63) is 85.4 Å². The van der Waals surface area contributed by atoms with Crippen LogP contribution in [-0.2, 0) is 0 Å². The van der Waals surface area contributed by atoms with E-state index in [1.807, 2.05) is 42.5 Å². The highest BCUT2D eigenvalue weighted by atomic mass is 32.1. The molecule has 0 aliphatic carbocycles. The minimum Gasteiger partial charge on any atom is -0.493 e. The van der Waals surface area contributed by atoms with Crippen molar-refractivity contribution in [3.8, 4) is 17.0 Å². The zero-order valence-corrected chi connectivity index (χ0v) is 16.7. The van der Waals surface area contributed by atoms with E-state index in [0.29, 0.717) is 16.7 Å². The lowest BCUT2D eigenvalue weighted by molar-refractivity contribution is 0.309. The first-order valence-corrected chi connectivity index (χ1v) is 10.2. The van der Waals surface area contributed by atoms with Crippen LogP contribution in [0.15, 0.2) is 64.2 Å². The number of hydrogen-bond donors (Lipinski definition) is 0. The molecule has 0 N–H and O–H groups in total. The van der Waals surface area contributed by atoms with Gasteiger partial charge in [0.05, 0.1) is 11.1 Å². The first-order chi connectivity index (χ1) is 14.2. The second-order valence-electron chi connectivity index (χ2n) is 6.48. The van der Waals surface area contributed by atoms with Crippen LogP contribution in [0.5, 0.6) is 5.75 Å². The van der Waals surface area contributed by atoms with Crippen LogP contribution in [0, 0.1) is 0 Å². The predicted octanol–water partition coefficient (Wildman–Crippen LogP) is 2.90. The Bertz CT molecular complexity index is 1310. The monoisotopic (exact) mass is 405 g/mol. The SMILES string of the molecule is CCCCOc1ccccc1/C=c1/sc2nc(=O)c(-c3ccccc3)nn2c1=O.